The molecule has 0 bridgehead atoms. The number of aromatic nitrogens is 1. The predicted octanol–water partition coefficient (Wildman–Crippen LogP) is 3.96. The van der Waals surface area contributed by atoms with Crippen molar-refractivity contribution in [3.63, 3.8) is 0 Å². The highest BCUT2D eigenvalue weighted by molar-refractivity contribution is 6.40. The average molecular weight is 289 g/mol. The van der Waals surface area contributed by atoms with Gasteiger partial charge in [-0.1, -0.05) is 17.7 Å². The van der Waals surface area contributed by atoms with Gasteiger partial charge in [-0.3, -0.25) is 10.1 Å². The zero-order valence-corrected chi connectivity index (χ0v) is 11.2. The Kier molecular flexibility index (Phi) is 2.91. The molecule has 6 heteroatoms. The van der Waals surface area contributed by atoms with Gasteiger partial charge in [0.25, 0.3) is 5.69 Å². The number of pyridine rings is 1. The first-order valence-electron chi connectivity index (χ1n) is 5.82. The maximum atomic E-state index is 10.8. The Morgan fingerprint density at radius 2 is 2.05 bits per heavy atom. The van der Waals surface area contributed by atoms with Crippen LogP contribution in [0.15, 0.2) is 36.4 Å². The molecule has 5 nitrogen and oxygen atoms in total. The van der Waals surface area contributed by atoms with Gasteiger partial charge in [0.2, 0.25) is 0 Å². The molecular formula is C14H9ClN2O3. The van der Waals surface area contributed by atoms with Crippen LogP contribution in [0.2, 0.25) is 5.02 Å². The number of nitrogens with zero attached hydrogens (tertiary/aromatic N) is 2. The predicted molar refractivity (Wildman–Crippen MR) is 77.5 cm³/mol. The third-order valence-electron chi connectivity index (χ3n) is 3.11. The van der Waals surface area contributed by atoms with Crippen LogP contribution in [0.4, 0.5) is 5.69 Å². The summed E-state index contributed by atoms with van der Waals surface area (Å²) in [5.74, 6) is 0.625. The van der Waals surface area contributed by atoms with E-state index < -0.39 is 4.92 Å². The Bertz CT molecular complexity index is 849. The third kappa shape index (κ3) is 1.83. The summed E-state index contributed by atoms with van der Waals surface area (Å²) in [5.41, 5.74) is 1.12. The van der Waals surface area contributed by atoms with Crippen molar-refractivity contribution in [3.05, 3.63) is 51.5 Å². The smallest absolute Gasteiger partial charge is 0.271 e. The summed E-state index contributed by atoms with van der Waals surface area (Å²) < 4.78 is 5.29. The summed E-state index contributed by atoms with van der Waals surface area (Å²) in [6.45, 7) is 0. The number of methoxy groups -OCH3 is 1. The van der Waals surface area contributed by atoms with Crippen molar-refractivity contribution in [2.24, 2.45) is 0 Å². The van der Waals surface area contributed by atoms with E-state index in [1.54, 1.807) is 31.4 Å². The molecule has 0 atom stereocenters. The molecule has 0 fully saturated rings. The van der Waals surface area contributed by atoms with E-state index >= 15 is 0 Å². The van der Waals surface area contributed by atoms with Crippen molar-refractivity contribution in [2.75, 3.05) is 7.11 Å². The van der Waals surface area contributed by atoms with Crippen molar-refractivity contribution in [1.29, 1.82) is 0 Å². The van der Waals surface area contributed by atoms with Gasteiger partial charge in [0.1, 0.15) is 5.75 Å². The normalized spacial score (nSPS) is 10.9. The molecule has 0 aliphatic heterocycles. The number of hydrogen-bond donors (Lipinski definition) is 0. The largest absolute Gasteiger partial charge is 0.496 e. The summed E-state index contributed by atoms with van der Waals surface area (Å²) in [6, 6.07) is 9.83. The van der Waals surface area contributed by atoms with E-state index in [1.165, 1.54) is 12.1 Å². The van der Waals surface area contributed by atoms with Crippen molar-refractivity contribution < 1.29 is 9.66 Å². The fourth-order valence-electron chi connectivity index (χ4n) is 2.18. The lowest BCUT2D eigenvalue weighted by Crippen LogP contribution is -1.92. The quantitative estimate of drug-likeness (QED) is 0.407. The monoisotopic (exact) mass is 288 g/mol. The van der Waals surface area contributed by atoms with Crippen LogP contribution in [0, 0.1) is 10.1 Å². The summed E-state index contributed by atoms with van der Waals surface area (Å²) in [7, 11) is 1.56. The van der Waals surface area contributed by atoms with Crippen LogP contribution >= 0.6 is 11.6 Å². The topological polar surface area (TPSA) is 65.3 Å². The van der Waals surface area contributed by atoms with Crippen LogP contribution in [0.5, 0.6) is 5.75 Å². The second-order valence-electron chi connectivity index (χ2n) is 4.24. The fourth-order valence-corrected chi connectivity index (χ4v) is 2.53. The molecule has 1 heterocycles. The van der Waals surface area contributed by atoms with Crippen LogP contribution in [-0.4, -0.2) is 17.0 Å². The van der Waals surface area contributed by atoms with Gasteiger partial charge in [-0.05, 0) is 18.2 Å². The molecular weight excluding hydrogens is 280 g/mol. The molecule has 0 saturated heterocycles. The number of halogens is 1. The molecule has 100 valence electrons. The molecule has 20 heavy (non-hydrogen) atoms. The van der Waals surface area contributed by atoms with Crippen molar-refractivity contribution >= 4 is 39.1 Å². The highest BCUT2D eigenvalue weighted by Crippen LogP contribution is 2.36. The van der Waals surface area contributed by atoms with E-state index in [1.807, 2.05) is 0 Å². The molecule has 1 aromatic heterocycles. The van der Waals surface area contributed by atoms with Gasteiger partial charge < -0.3 is 4.74 Å². The highest BCUT2D eigenvalue weighted by atomic mass is 35.5. The minimum atomic E-state index is -0.454. The van der Waals surface area contributed by atoms with Gasteiger partial charge in [-0.2, -0.15) is 0 Å². The lowest BCUT2D eigenvalue weighted by Gasteiger charge is -2.09. The van der Waals surface area contributed by atoms with Gasteiger partial charge in [0.05, 0.1) is 33.5 Å². The van der Waals surface area contributed by atoms with E-state index in [-0.39, 0.29) is 5.69 Å². The van der Waals surface area contributed by atoms with Crippen molar-refractivity contribution in [1.82, 2.24) is 4.98 Å². The third-order valence-corrected chi connectivity index (χ3v) is 3.51. The van der Waals surface area contributed by atoms with Gasteiger partial charge in [-0.25, -0.2) is 4.98 Å². The molecule has 0 aliphatic rings. The summed E-state index contributed by atoms with van der Waals surface area (Å²) >= 11 is 6.40. The Balaban J connectivity index is 2.43. The molecule has 0 aliphatic carbocycles. The second kappa shape index (κ2) is 4.61. The maximum Gasteiger partial charge on any atom is 0.271 e. The first-order valence-corrected chi connectivity index (χ1v) is 6.20. The number of benzene rings is 2. The van der Waals surface area contributed by atoms with E-state index in [0.717, 1.165) is 0 Å². The molecule has 0 radical (unpaired) electrons. The van der Waals surface area contributed by atoms with Crippen LogP contribution in [0.1, 0.15) is 0 Å². The molecule has 3 aromatic rings. The number of fused-ring (bicyclic) bond motifs is 2. The summed E-state index contributed by atoms with van der Waals surface area (Å²) in [4.78, 5) is 14.8. The van der Waals surface area contributed by atoms with Gasteiger partial charge in [0, 0.05) is 17.5 Å². The van der Waals surface area contributed by atoms with E-state index in [0.29, 0.717) is 32.6 Å². The number of non-ortho nitro benzene ring substituents is 1. The molecule has 0 unspecified atom stereocenters. The minimum absolute atomic E-state index is 0.0108. The molecule has 2 aromatic carbocycles. The van der Waals surface area contributed by atoms with E-state index in [9.17, 15) is 10.1 Å². The zero-order valence-electron chi connectivity index (χ0n) is 10.5. The molecule has 0 N–H and O–H groups in total. The molecule has 0 saturated carbocycles. The number of hydrogen-bond acceptors (Lipinski definition) is 4. The zero-order chi connectivity index (χ0) is 14.3. The Morgan fingerprint density at radius 3 is 2.75 bits per heavy atom. The Morgan fingerprint density at radius 1 is 1.25 bits per heavy atom. The van der Waals surface area contributed by atoms with Gasteiger partial charge >= 0.3 is 0 Å². The lowest BCUT2D eigenvalue weighted by atomic mass is 10.1. The number of rotatable bonds is 2. The lowest BCUT2D eigenvalue weighted by molar-refractivity contribution is -0.384. The van der Waals surface area contributed by atoms with Gasteiger partial charge in [-0.15, -0.1) is 0 Å². The number of nitro groups is 1. The SMILES string of the molecule is COc1cccc2nc3cc([N+](=O)[O-])ccc3c(Cl)c12. The molecule has 0 amide bonds. The van der Waals surface area contributed by atoms with E-state index in [4.69, 9.17) is 16.3 Å². The highest BCUT2D eigenvalue weighted by Gasteiger charge is 2.14. The standard InChI is InChI=1S/C14H9ClN2O3/c1-20-12-4-2-3-10-13(12)14(15)9-6-5-8(17(18)19)7-11(9)16-10/h2-7H,1H3. The fraction of sp³-hybridized carbons (Fsp3) is 0.0714. The minimum Gasteiger partial charge on any atom is -0.496 e. The van der Waals surface area contributed by atoms with Crippen LogP contribution in [0.25, 0.3) is 21.8 Å². The summed E-state index contributed by atoms with van der Waals surface area (Å²) in [5, 5.41) is 12.7. The second-order valence-corrected chi connectivity index (χ2v) is 4.62. The molecule has 0 spiro atoms. The van der Waals surface area contributed by atoms with Crippen LogP contribution in [-0.2, 0) is 0 Å². The van der Waals surface area contributed by atoms with Crippen molar-refractivity contribution in [2.45, 2.75) is 0 Å². The summed E-state index contributed by atoms with van der Waals surface area (Å²) in [6.07, 6.45) is 0. The first-order chi connectivity index (χ1) is 9.61. The van der Waals surface area contributed by atoms with Crippen molar-refractivity contribution in [3.8, 4) is 5.75 Å². The van der Waals surface area contributed by atoms with Crippen LogP contribution in [0.3, 0.4) is 0 Å². The van der Waals surface area contributed by atoms with E-state index in [2.05, 4.69) is 4.98 Å². The molecule has 3 rings (SSSR count). The Labute approximate surface area is 118 Å². The Hall–Kier alpha value is -2.40. The number of nitro benzene ring substituents is 1. The average Bonchev–Trinajstić information content (AvgIpc) is 2.46. The maximum absolute atomic E-state index is 10.8. The first kappa shape index (κ1) is 12.6. The number of ether oxygens (including phenoxy) is 1. The van der Waals surface area contributed by atoms with Crippen LogP contribution < -0.4 is 4.74 Å². The van der Waals surface area contributed by atoms with Gasteiger partial charge in [0.15, 0.2) is 0 Å².